The molecule has 0 saturated carbocycles. The van der Waals surface area contributed by atoms with Crippen LogP contribution in [0.1, 0.15) is 42.2 Å². The number of phenolic OH excluding ortho intramolecular Hbond substituents is 2. The molecule has 1 aliphatic heterocycles. The molecule has 5 rings (SSSR count). The summed E-state index contributed by atoms with van der Waals surface area (Å²) in [5, 5.41) is 31.1. The van der Waals surface area contributed by atoms with Crippen molar-refractivity contribution in [2.24, 2.45) is 0 Å². The summed E-state index contributed by atoms with van der Waals surface area (Å²) in [4.78, 5) is 38.2. The van der Waals surface area contributed by atoms with E-state index in [-0.39, 0.29) is 44.9 Å². The molecule has 0 saturated heterocycles. The van der Waals surface area contributed by atoms with E-state index in [1.54, 1.807) is 0 Å². The van der Waals surface area contributed by atoms with Crippen molar-refractivity contribution >= 4 is 22.9 Å². The second kappa shape index (κ2) is 4.72. The van der Waals surface area contributed by atoms with Gasteiger partial charge in [-0.05, 0) is 30.4 Å². The van der Waals surface area contributed by atoms with Gasteiger partial charge in [0, 0.05) is 11.1 Å². The zero-order valence-corrected chi connectivity index (χ0v) is 13.5. The predicted molar refractivity (Wildman–Crippen MR) is 90.2 cm³/mol. The van der Waals surface area contributed by atoms with Gasteiger partial charge in [-0.15, -0.1) is 0 Å². The molecule has 0 radical (unpaired) electrons. The first-order valence-electron chi connectivity index (χ1n) is 8.01. The fraction of sp³-hybridized carbons (Fsp3) is 0.0500. The highest BCUT2D eigenvalue weighted by atomic mass is 16.6. The molecule has 3 aliphatic rings. The summed E-state index contributed by atoms with van der Waals surface area (Å²) in [5.41, 5.74) is -0.487. The van der Waals surface area contributed by atoms with Crippen LogP contribution in [0, 0.1) is 0 Å². The highest BCUT2D eigenvalue weighted by Crippen LogP contribution is 2.50. The van der Waals surface area contributed by atoms with Gasteiger partial charge in [0.05, 0.1) is 22.3 Å². The van der Waals surface area contributed by atoms with E-state index < -0.39 is 28.9 Å². The second-order valence-electron chi connectivity index (χ2n) is 6.44. The van der Waals surface area contributed by atoms with Gasteiger partial charge in [0.15, 0.2) is 17.3 Å². The molecule has 7 nitrogen and oxygen atoms in total. The lowest BCUT2D eigenvalue weighted by molar-refractivity contribution is -0.145. The average molecular weight is 362 g/mol. The monoisotopic (exact) mass is 362 g/mol. The van der Waals surface area contributed by atoms with Crippen LogP contribution in [0.2, 0.25) is 0 Å². The number of aliphatic hydroxyl groups is 1. The minimum Gasteiger partial charge on any atom is -0.507 e. The molecule has 0 fully saturated rings. The van der Waals surface area contributed by atoms with Crippen LogP contribution in [0.3, 0.4) is 0 Å². The SMILES string of the molecule is O=C1C2=C(O[C@@]3(O)C=CC(=O)c4c(O)ccc2c43)C(=O)c2c(O)cccc21. The fourth-order valence-corrected chi connectivity index (χ4v) is 3.79. The van der Waals surface area contributed by atoms with E-state index in [1.807, 2.05) is 0 Å². The Hall–Kier alpha value is -3.71. The van der Waals surface area contributed by atoms with Gasteiger partial charge in [-0.2, -0.15) is 0 Å². The van der Waals surface area contributed by atoms with E-state index in [2.05, 4.69) is 0 Å². The number of benzene rings is 2. The van der Waals surface area contributed by atoms with Gasteiger partial charge in [0.2, 0.25) is 5.78 Å². The third kappa shape index (κ3) is 1.76. The van der Waals surface area contributed by atoms with Crippen molar-refractivity contribution in [3.8, 4) is 11.5 Å². The van der Waals surface area contributed by atoms with Crippen LogP contribution < -0.4 is 0 Å². The van der Waals surface area contributed by atoms with Gasteiger partial charge in [0.1, 0.15) is 11.5 Å². The molecule has 7 heteroatoms. The number of allylic oxidation sites excluding steroid dienone is 3. The van der Waals surface area contributed by atoms with Crippen molar-refractivity contribution in [2.45, 2.75) is 5.79 Å². The smallest absolute Gasteiger partial charge is 0.257 e. The molecule has 2 aromatic carbocycles. The number of aromatic hydroxyl groups is 2. The van der Waals surface area contributed by atoms with Crippen molar-refractivity contribution in [3.05, 3.63) is 76.1 Å². The maximum atomic E-state index is 13.1. The average Bonchev–Trinajstić information content (AvgIpc) is 2.63. The van der Waals surface area contributed by atoms with Crippen molar-refractivity contribution in [1.29, 1.82) is 0 Å². The first-order chi connectivity index (χ1) is 12.8. The zero-order valence-electron chi connectivity index (χ0n) is 13.5. The summed E-state index contributed by atoms with van der Waals surface area (Å²) in [6.07, 6.45) is 2.08. The summed E-state index contributed by atoms with van der Waals surface area (Å²) >= 11 is 0. The van der Waals surface area contributed by atoms with Crippen LogP contribution in [0.15, 0.2) is 48.2 Å². The fourth-order valence-electron chi connectivity index (χ4n) is 3.79. The number of carbonyl (C=O) groups excluding carboxylic acids is 3. The molecule has 0 amide bonds. The lowest BCUT2D eigenvalue weighted by Gasteiger charge is -2.38. The molecular weight excluding hydrogens is 352 g/mol. The quantitative estimate of drug-likeness (QED) is 0.653. The Balaban J connectivity index is 1.88. The molecular formula is C20H10O7. The Labute approximate surface area is 151 Å². The number of rotatable bonds is 0. The van der Waals surface area contributed by atoms with E-state index in [0.29, 0.717) is 0 Å². The topological polar surface area (TPSA) is 121 Å². The van der Waals surface area contributed by atoms with Gasteiger partial charge < -0.3 is 20.1 Å². The Morgan fingerprint density at radius 2 is 1.59 bits per heavy atom. The summed E-state index contributed by atoms with van der Waals surface area (Å²) in [7, 11) is 0. The lowest BCUT2D eigenvalue weighted by atomic mass is 9.76. The Bertz CT molecular complexity index is 1190. The minimum absolute atomic E-state index is 0.00714. The highest BCUT2D eigenvalue weighted by Gasteiger charge is 2.50. The molecule has 0 spiro atoms. The summed E-state index contributed by atoms with van der Waals surface area (Å²) in [5.74, 6) is -5.27. The lowest BCUT2D eigenvalue weighted by Crippen LogP contribution is -2.40. The van der Waals surface area contributed by atoms with Crippen LogP contribution in [0.5, 0.6) is 11.5 Å². The van der Waals surface area contributed by atoms with Crippen LogP contribution in [0.4, 0.5) is 0 Å². The van der Waals surface area contributed by atoms with Crippen molar-refractivity contribution in [1.82, 2.24) is 0 Å². The molecule has 3 N–H and O–H groups in total. The standard InChI is InChI=1S/C20H10O7/c21-10-3-1-2-9-13(10)18(25)19-14(17(9)24)8-4-5-11(22)15-12(23)6-7-20(26,27-19)16(8)15/h1-7,21-22,26H/t20-/m0/s1. The Kier molecular flexibility index (Phi) is 2.71. The Morgan fingerprint density at radius 3 is 2.37 bits per heavy atom. The maximum Gasteiger partial charge on any atom is 0.257 e. The number of ketones is 3. The van der Waals surface area contributed by atoms with Crippen molar-refractivity contribution in [2.75, 3.05) is 0 Å². The number of fused-ring (bicyclic) bond motifs is 2. The highest BCUT2D eigenvalue weighted by molar-refractivity contribution is 6.41. The van der Waals surface area contributed by atoms with Gasteiger partial charge >= 0.3 is 0 Å². The predicted octanol–water partition coefficient (Wildman–Crippen LogP) is 1.82. The van der Waals surface area contributed by atoms with E-state index >= 15 is 0 Å². The van der Waals surface area contributed by atoms with Gasteiger partial charge in [-0.1, -0.05) is 12.1 Å². The van der Waals surface area contributed by atoms with Gasteiger partial charge in [0.25, 0.3) is 5.79 Å². The third-order valence-electron chi connectivity index (χ3n) is 4.95. The van der Waals surface area contributed by atoms with Crippen molar-refractivity contribution in [3.63, 3.8) is 0 Å². The van der Waals surface area contributed by atoms with E-state index in [4.69, 9.17) is 4.74 Å². The van der Waals surface area contributed by atoms with Crippen LogP contribution in [0.25, 0.3) is 5.57 Å². The summed E-state index contributed by atoms with van der Waals surface area (Å²) in [6, 6.07) is 6.68. The van der Waals surface area contributed by atoms with Crippen molar-refractivity contribution < 1.29 is 34.4 Å². The molecule has 2 aromatic rings. The first-order valence-corrected chi connectivity index (χ1v) is 8.01. The summed E-state index contributed by atoms with van der Waals surface area (Å²) < 4.78 is 5.49. The number of phenols is 2. The molecule has 1 atom stereocenters. The number of hydrogen-bond donors (Lipinski definition) is 3. The number of ether oxygens (including phenoxy) is 1. The van der Waals surface area contributed by atoms with E-state index in [1.165, 1.54) is 30.3 Å². The number of carbonyl (C=O) groups is 3. The first kappa shape index (κ1) is 15.5. The van der Waals surface area contributed by atoms with E-state index in [9.17, 15) is 29.7 Å². The van der Waals surface area contributed by atoms with Crippen LogP contribution in [-0.2, 0) is 10.5 Å². The van der Waals surface area contributed by atoms with Crippen LogP contribution >= 0.6 is 0 Å². The normalized spacial score (nSPS) is 22.2. The zero-order chi connectivity index (χ0) is 19.1. The third-order valence-corrected chi connectivity index (χ3v) is 4.95. The second-order valence-corrected chi connectivity index (χ2v) is 6.44. The molecule has 132 valence electrons. The van der Waals surface area contributed by atoms with Gasteiger partial charge in [-0.3, -0.25) is 14.4 Å². The number of Topliss-reactive ketones (excluding diaryl/α,β-unsaturated/α-hetero) is 2. The molecule has 0 bridgehead atoms. The molecule has 27 heavy (non-hydrogen) atoms. The Morgan fingerprint density at radius 1 is 0.852 bits per heavy atom. The maximum absolute atomic E-state index is 13.1. The number of hydrogen-bond acceptors (Lipinski definition) is 7. The largest absolute Gasteiger partial charge is 0.507 e. The van der Waals surface area contributed by atoms with E-state index in [0.717, 1.165) is 12.2 Å². The molecule has 0 unspecified atom stereocenters. The van der Waals surface area contributed by atoms with Gasteiger partial charge in [-0.25, -0.2) is 0 Å². The molecule has 0 aromatic heterocycles. The molecule has 1 heterocycles. The van der Waals surface area contributed by atoms with Crippen LogP contribution in [-0.4, -0.2) is 32.7 Å². The summed E-state index contributed by atoms with van der Waals surface area (Å²) in [6.45, 7) is 0. The minimum atomic E-state index is -2.20. The molecule has 2 aliphatic carbocycles.